The number of ketones is 1. The largest absolute Gasteiger partial charge is 0.334 e. The Morgan fingerprint density at radius 2 is 2.00 bits per heavy atom. The second-order valence-corrected chi connectivity index (χ2v) is 4.94. The van der Waals surface area contributed by atoms with Crippen LogP contribution in [0.5, 0.6) is 0 Å². The fourth-order valence-corrected chi connectivity index (χ4v) is 2.16. The molecule has 3 heteroatoms. The Morgan fingerprint density at radius 3 is 2.53 bits per heavy atom. The normalized spacial score (nSPS) is 12.4. The zero-order valence-corrected chi connectivity index (χ0v) is 11.8. The molecule has 100 valence electrons. The van der Waals surface area contributed by atoms with Gasteiger partial charge in [-0.15, -0.1) is 0 Å². The molecule has 0 aliphatic carbocycles. The van der Waals surface area contributed by atoms with Crippen LogP contribution < -0.4 is 0 Å². The van der Waals surface area contributed by atoms with Gasteiger partial charge < -0.3 is 4.57 Å². The number of nitrogens with zero attached hydrogens (tertiary/aromatic N) is 2. The molecule has 1 aromatic heterocycles. The third-order valence-corrected chi connectivity index (χ3v) is 3.49. The number of carbonyl (C=O) groups is 1. The zero-order chi connectivity index (χ0) is 13.8. The molecule has 0 aliphatic heterocycles. The van der Waals surface area contributed by atoms with Crippen molar-refractivity contribution in [1.29, 1.82) is 0 Å². The number of hydrogen-bond donors (Lipinski definition) is 0. The van der Waals surface area contributed by atoms with Crippen molar-refractivity contribution in [2.75, 3.05) is 0 Å². The Bertz CT molecular complexity index is 554. The first-order chi connectivity index (χ1) is 9.11. The minimum absolute atomic E-state index is 0.0413. The van der Waals surface area contributed by atoms with E-state index in [1.807, 2.05) is 48.9 Å². The number of carbonyl (C=O) groups excluding carboxylic acids is 1. The van der Waals surface area contributed by atoms with Gasteiger partial charge >= 0.3 is 0 Å². The Hall–Kier alpha value is -1.90. The summed E-state index contributed by atoms with van der Waals surface area (Å²) in [5.41, 5.74) is 2.05. The van der Waals surface area contributed by atoms with Gasteiger partial charge in [0.15, 0.2) is 5.78 Å². The zero-order valence-electron chi connectivity index (χ0n) is 11.8. The molecule has 0 aliphatic rings. The molecule has 3 nitrogen and oxygen atoms in total. The maximum Gasteiger partial charge on any atom is 0.167 e. The van der Waals surface area contributed by atoms with E-state index in [-0.39, 0.29) is 11.7 Å². The average molecular weight is 256 g/mol. The Morgan fingerprint density at radius 1 is 1.32 bits per heavy atom. The lowest BCUT2D eigenvalue weighted by Crippen LogP contribution is -2.18. The second-order valence-electron chi connectivity index (χ2n) is 4.94. The maximum atomic E-state index is 12.3. The summed E-state index contributed by atoms with van der Waals surface area (Å²) in [4.78, 5) is 16.5. The number of Topliss-reactive ketones (excluding diaryl/α,β-unsaturated/α-hetero) is 1. The van der Waals surface area contributed by atoms with Crippen LogP contribution in [0, 0.1) is 12.8 Å². The second kappa shape index (κ2) is 5.83. The number of aromatic nitrogens is 2. The molecule has 0 fully saturated rings. The highest BCUT2D eigenvalue weighted by atomic mass is 16.1. The molecule has 0 saturated carbocycles. The minimum atomic E-state index is -0.0413. The Labute approximate surface area is 114 Å². The average Bonchev–Trinajstić information content (AvgIpc) is 2.83. The van der Waals surface area contributed by atoms with E-state index in [9.17, 15) is 4.79 Å². The predicted molar refractivity (Wildman–Crippen MR) is 76.3 cm³/mol. The van der Waals surface area contributed by atoms with Gasteiger partial charge in [0.1, 0.15) is 5.82 Å². The van der Waals surface area contributed by atoms with Gasteiger partial charge in [0.2, 0.25) is 0 Å². The van der Waals surface area contributed by atoms with E-state index in [1.165, 1.54) is 5.56 Å². The number of hydrogen-bond acceptors (Lipinski definition) is 2. The van der Waals surface area contributed by atoms with Crippen LogP contribution in [0.15, 0.2) is 36.7 Å². The minimum Gasteiger partial charge on any atom is -0.334 e. The van der Waals surface area contributed by atoms with Crippen molar-refractivity contribution in [2.24, 2.45) is 5.92 Å². The molecular weight excluding hydrogens is 236 g/mol. The summed E-state index contributed by atoms with van der Waals surface area (Å²) < 4.78 is 2.02. The van der Waals surface area contributed by atoms with Crippen molar-refractivity contribution >= 4 is 5.78 Å². The van der Waals surface area contributed by atoms with Gasteiger partial charge in [-0.25, -0.2) is 4.98 Å². The predicted octanol–water partition coefficient (Wildman–Crippen LogP) is 3.27. The highest BCUT2D eigenvalue weighted by Crippen LogP contribution is 2.13. The van der Waals surface area contributed by atoms with E-state index in [4.69, 9.17) is 0 Å². The van der Waals surface area contributed by atoms with Crippen LogP contribution in [-0.2, 0) is 13.0 Å². The summed E-state index contributed by atoms with van der Waals surface area (Å²) in [6, 6.07) is 7.92. The first-order valence-electron chi connectivity index (χ1n) is 6.72. The van der Waals surface area contributed by atoms with Crippen molar-refractivity contribution in [3.05, 3.63) is 53.6 Å². The summed E-state index contributed by atoms with van der Waals surface area (Å²) in [6.45, 7) is 6.71. The molecule has 2 rings (SSSR count). The number of rotatable bonds is 5. The van der Waals surface area contributed by atoms with Gasteiger partial charge in [-0.1, -0.05) is 38.1 Å². The van der Waals surface area contributed by atoms with Crippen molar-refractivity contribution in [2.45, 2.75) is 33.7 Å². The Kier molecular flexibility index (Phi) is 4.15. The monoisotopic (exact) mass is 256 g/mol. The Balaban J connectivity index is 2.08. The van der Waals surface area contributed by atoms with E-state index < -0.39 is 0 Å². The van der Waals surface area contributed by atoms with Crippen LogP contribution >= 0.6 is 0 Å². The topological polar surface area (TPSA) is 34.9 Å². The van der Waals surface area contributed by atoms with E-state index >= 15 is 0 Å². The van der Waals surface area contributed by atoms with Crippen LogP contribution in [0.3, 0.4) is 0 Å². The van der Waals surface area contributed by atoms with Gasteiger partial charge in [0.25, 0.3) is 0 Å². The van der Waals surface area contributed by atoms with E-state index in [1.54, 1.807) is 6.20 Å². The van der Waals surface area contributed by atoms with Crippen LogP contribution in [0.1, 0.15) is 35.6 Å². The molecule has 1 aromatic carbocycles. The van der Waals surface area contributed by atoms with Crippen molar-refractivity contribution in [3.63, 3.8) is 0 Å². The van der Waals surface area contributed by atoms with Gasteiger partial charge in [-0.2, -0.15) is 0 Å². The summed E-state index contributed by atoms with van der Waals surface area (Å²) in [6.07, 6.45) is 4.68. The summed E-state index contributed by atoms with van der Waals surface area (Å²) in [7, 11) is 0. The molecular formula is C16H20N2O. The molecule has 1 heterocycles. The highest BCUT2D eigenvalue weighted by molar-refractivity contribution is 5.97. The molecule has 0 N–H and O–H groups in total. The van der Waals surface area contributed by atoms with Gasteiger partial charge in [-0.05, 0) is 18.9 Å². The first-order valence-corrected chi connectivity index (χ1v) is 6.72. The van der Waals surface area contributed by atoms with Gasteiger partial charge in [0.05, 0.1) is 0 Å². The summed E-state index contributed by atoms with van der Waals surface area (Å²) in [5.74, 6) is 1.09. The number of benzene rings is 1. The number of imidazole rings is 1. The maximum absolute atomic E-state index is 12.3. The van der Waals surface area contributed by atoms with Crippen molar-refractivity contribution in [3.8, 4) is 0 Å². The number of aryl methyl sites for hydroxylation is 2. The van der Waals surface area contributed by atoms with Crippen molar-refractivity contribution in [1.82, 2.24) is 9.55 Å². The fourth-order valence-electron chi connectivity index (χ4n) is 2.16. The highest BCUT2D eigenvalue weighted by Gasteiger charge is 2.16. The van der Waals surface area contributed by atoms with Gasteiger partial charge in [-0.3, -0.25) is 4.79 Å². The lowest BCUT2D eigenvalue weighted by atomic mass is 9.98. The third kappa shape index (κ3) is 3.11. The molecule has 0 radical (unpaired) electrons. The molecule has 0 amide bonds. The standard InChI is InChI=1S/C16H20N2O/c1-4-14-5-7-15(8-6-14)16(19)12(2)11-18-10-9-17-13(18)3/h5-10,12H,4,11H2,1-3H3. The van der Waals surface area contributed by atoms with Crippen LogP contribution in [0.25, 0.3) is 0 Å². The van der Waals surface area contributed by atoms with E-state index in [2.05, 4.69) is 11.9 Å². The lowest BCUT2D eigenvalue weighted by molar-refractivity contribution is 0.0918. The molecule has 1 atom stereocenters. The first kappa shape index (κ1) is 13.5. The van der Waals surface area contributed by atoms with Crippen molar-refractivity contribution < 1.29 is 4.79 Å². The molecule has 19 heavy (non-hydrogen) atoms. The van der Waals surface area contributed by atoms with E-state index in [0.717, 1.165) is 17.8 Å². The van der Waals surface area contributed by atoms with Crippen LogP contribution in [0.4, 0.5) is 0 Å². The lowest BCUT2D eigenvalue weighted by Gasteiger charge is -2.12. The summed E-state index contributed by atoms with van der Waals surface area (Å²) in [5, 5.41) is 0. The smallest absolute Gasteiger partial charge is 0.167 e. The van der Waals surface area contributed by atoms with E-state index in [0.29, 0.717) is 6.54 Å². The summed E-state index contributed by atoms with van der Waals surface area (Å²) >= 11 is 0. The molecule has 0 bridgehead atoms. The molecule has 2 aromatic rings. The molecule has 0 spiro atoms. The molecule has 0 saturated heterocycles. The molecule has 1 unspecified atom stereocenters. The SMILES string of the molecule is CCc1ccc(C(=O)C(C)Cn2ccnc2C)cc1. The quantitative estimate of drug-likeness (QED) is 0.769. The van der Waals surface area contributed by atoms with Crippen LogP contribution in [-0.4, -0.2) is 15.3 Å². The third-order valence-electron chi connectivity index (χ3n) is 3.49. The van der Waals surface area contributed by atoms with Crippen LogP contribution in [0.2, 0.25) is 0 Å². The fraction of sp³-hybridized carbons (Fsp3) is 0.375. The van der Waals surface area contributed by atoms with Gasteiger partial charge in [0, 0.05) is 30.4 Å².